The summed E-state index contributed by atoms with van der Waals surface area (Å²) in [6.45, 7) is 0.0297. The lowest BCUT2D eigenvalue weighted by atomic mass is 10.0. The van der Waals surface area contributed by atoms with Crippen molar-refractivity contribution in [3.8, 4) is 11.5 Å². The van der Waals surface area contributed by atoms with E-state index in [1.165, 1.54) is 19.1 Å². The number of ether oxygens (including phenoxy) is 4. The minimum Gasteiger partial charge on any atom is -0.497 e. The molecule has 4 rings (SSSR count). The van der Waals surface area contributed by atoms with E-state index in [0.717, 1.165) is 5.56 Å². The number of nitrogens with zero attached hydrogens (tertiary/aromatic N) is 1. The van der Waals surface area contributed by atoms with Crippen molar-refractivity contribution in [2.45, 2.75) is 25.0 Å². The third kappa shape index (κ3) is 4.67. The van der Waals surface area contributed by atoms with Gasteiger partial charge in [-0.15, -0.1) is 0 Å². The van der Waals surface area contributed by atoms with Gasteiger partial charge in [0, 0.05) is 11.6 Å². The van der Waals surface area contributed by atoms with Gasteiger partial charge in [-0.2, -0.15) is 0 Å². The monoisotopic (exact) mass is 463 g/mol. The van der Waals surface area contributed by atoms with Crippen LogP contribution in [0.15, 0.2) is 78.9 Å². The Bertz CT molecular complexity index is 1140. The average molecular weight is 463 g/mol. The fraction of sp³-hybridized carbons (Fsp3) is 0.231. The van der Waals surface area contributed by atoms with Gasteiger partial charge in [-0.3, -0.25) is 4.90 Å². The van der Waals surface area contributed by atoms with Gasteiger partial charge in [0.1, 0.15) is 24.1 Å². The molecule has 0 spiro atoms. The van der Waals surface area contributed by atoms with Crippen LogP contribution < -0.4 is 9.47 Å². The minimum absolute atomic E-state index is 0.0297. The predicted molar refractivity (Wildman–Crippen MR) is 122 cm³/mol. The van der Waals surface area contributed by atoms with Crippen LogP contribution in [0, 0.1) is 0 Å². The van der Waals surface area contributed by atoms with Gasteiger partial charge in [0.2, 0.25) is 0 Å². The van der Waals surface area contributed by atoms with Gasteiger partial charge in [0.15, 0.2) is 12.3 Å². The Kier molecular flexibility index (Phi) is 6.98. The SMILES string of the molecule is COc1ccc(C2O[C@@H](C(=O)O)[C@H](c3ccccc3)N2C(=O)OCc2ccccc2)c(OC)c1. The van der Waals surface area contributed by atoms with Crippen molar-refractivity contribution < 1.29 is 33.6 Å². The quantitative estimate of drug-likeness (QED) is 0.549. The number of carboxylic acids is 1. The first-order valence-electron chi connectivity index (χ1n) is 10.7. The normalized spacial score (nSPS) is 19.5. The van der Waals surface area contributed by atoms with Crippen molar-refractivity contribution in [1.29, 1.82) is 0 Å². The molecule has 34 heavy (non-hydrogen) atoms. The van der Waals surface area contributed by atoms with Gasteiger partial charge in [-0.1, -0.05) is 60.7 Å². The van der Waals surface area contributed by atoms with E-state index in [-0.39, 0.29) is 6.61 Å². The molecule has 1 amide bonds. The number of aliphatic carboxylic acids is 1. The average Bonchev–Trinajstić information content (AvgIpc) is 3.29. The Morgan fingerprint density at radius 3 is 2.24 bits per heavy atom. The Hall–Kier alpha value is -4.04. The molecule has 3 atom stereocenters. The van der Waals surface area contributed by atoms with E-state index in [0.29, 0.717) is 22.6 Å². The third-order valence-electron chi connectivity index (χ3n) is 5.62. The number of hydrogen-bond acceptors (Lipinski definition) is 6. The molecule has 0 bridgehead atoms. The molecule has 8 nitrogen and oxygen atoms in total. The van der Waals surface area contributed by atoms with Crippen molar-refractivity contribution in [1.82, 2.24) is 4.90 Å². The Morgan fingerprint density at radius 1 is 0.941 bits per heavy atom. The summed E-state index contributed by atoms with van der Waals surface area (Å²) in [6.07, 6.45) is -3.08. The number of carboxylic acid groups (broad SMARTS) is 1. The maximum atomic E-state index is 13.4. The molecular formula is C26H25NO7. The molecular weight excluding hydrogens is 438 g/mol. The minimum atomic E-state index is -1.32. The van der Waals surface area contributed by atoms with E-state index in [4.69, 9.17) is 18.9 Å². The van der Waals surface area contributed by atoms with Crippen molar-refractivity contribution in [2.75, 3.05) is 14.2 Å². The van der Waals surface area contributed by atoms with Crippen molar-refractivity contribution in [3.63, 3.8) is 0 Å². The largest absolute Gasteiger partial charge is 0.497 e. The molecule has 8 heteroatoms. The van der Waals surface area contributed by atoms with Crippen LogP contribution in [-0.4, -0.2) is 42.4 Å². The second-order valence-electron chi connectivity index (χ2n) is 7.66. The van der Waals surface area contributed by atoms with Crippen molar-refractivity contribution >= 4 is 12.1 Å². The van der Waals surface area contributed by atoms with E-state index >= 15 is 0 Å². The van der Waals surface area contributed by atoms with Gasteiger partial charge in [-0.25, -0.2) is 9.59 Å². The summed E-state index contributed by atoms with van der Waals surface area (Å²) in [5.41, 5.74) is 1.90. The van der Waals surface area contributed by atoms with Gasteiger partial charge in [0.05, 0.1) is 14.2 Å². The van der Waals surface area contributed by atoms with E-state index in [2.05, 4.69) is 0 Å². The van der Waals surface area contributed by atoms with E-state index in [1.807, 2.05) is 36.4 Å². The highest BCUT2D eigenvalue weighted by Gasteiger charge is 2.51. The molecule has 1 aliphatic rings. The second-order valence-corrected chi connectivity index (χ2v) is 7.66. The Balaban J connectivity index is 1.75. The summed E-state index contributed by atoms with van der Waals surface area (Å²) in [5.74, 6) is -0.251. The maximum absolute atomic E-state index is 13.4. The third-order valence-corrected chi connectivity index (χ3v) is 5.62. The van der Waals surface area contributed by atoms with Crippen molar-refractivity contribution in [3.05, 3.63) is 95.6 Å². The van der Waals surface area contributed by atoms with Gasteiger partial charge in [0.25, 0.3) is 0 Å². The summed E-state index contributed by atoms with van der Waals surface area (Å²) >= 11 is 0. The summed E-state index contributed by atoms with van der Waals surface area (Å²) in [6, 6.07) is 22.3. The zero-order chi connectivity index (χ0) is 24.1. The lowest BCUT2D eigenvalue weighted by molar-refractivity contribution is -0.150. The first-order chi connectivity index (χ1) is 16.5. The van der Waals surface area contributed by atoms with Gasteiger partial charge >= 0.3 is 12.1 Å². The van der Waals surface area contributed by atoms with Crippen LogP contribution in [0.4, 0.5) is 4.79 Å². The predicted octanol–water partition coefficient (Wildman–Crippen LogP) is 4.57. The lowest BCUT2D eigenvalue weighted by Crippen LogP contribution is -2.37. The first kappa shape index (κ1) is 23.1. The number of methoxy groups -OCH3 is 2. The number of rotatable bonds is 7. The zero-order valence-corrected chi connectivity index (χ0v) is 18.8. The topological polar surface area (TPSA) is 94.5 Å². The highest BCUT2D eigenvalue weighted by Crippen LogP contribution is 2.46. The highest BCUT2D eigenvalue weighted by molar-refractivity contribution is 5.78. The Morgan fingerprint density at radius 2 is 1.62 bits per heavy atom. The lowest BCUT2D eigenvalue weighted by Gasteiger charge is -2.29. The molecule has 1 N–H and O–H groups in total. The van der Waals surface area contributed by atoms with Crippen LogP contribution in [0.3, 0.4) is 0 Å². The molecule has 1 heterocycles. The maximum Gasteiger partial charge on any atom is 0.413 e. The molecule has 1 aliphatic heterocycles. The van der Waals surface area contributed by atoms with Crippen LogP contribution in [0.5, 0.6) is 11.5 Å². The fourth-order valence-corrected chi connectivity index (χ4v) is 4.00. The highest BCUT2D eigenvalue weighted by atomic mass is 16.6. The Labute approximate surface area is 197 Å². The molecule has 3 aromatic rings. The number of hydrogen-bond donors (Lipinski definition) is 1. The number of benzene rings is 3. The summed E-state index contributed by atoms with van der Waals surface area (Å²) in [4.78, 5) is 27.0. The van der Waals surface area contributed by atoms with Crippen molar-refractivity contribution in [2.24, 2.45) is 0 Å². The van der Waals surface area contributed by atoms with Crippen LogP contribution in [0.1, 0.15) is 29.0 Å². The molecule has 1 saturated heterocycles. The standard InChI is InChI=1S/C26H25NO7/c1-31-19-13-14-20(21(15-19)32-2)24-27(26(30)33-16-17-9-5-3-6-10-17)22(23(34-24)25(28)29)18-11-7-4-8-12-18/h3-15,22-24H,16H2,1-2H3,(H,28,29)/t22-,23+,24?/m0/s1. The molecule has 176 valence electrons. The van der Waals surface area contributed by atoms with Crippen LogP contribution in [0.2, 0.25) is 0 Å². The zero-order valence-electron chi connectivity index (χ0n) is 18.8. The summed E-state index contributed by atoms with van der Waals surface area (Å²) < 4.78 is 22.4. The molecule has 1 unspecified atom stereocenters. The number of carbonyl (C=O) groups excluding carboxylic acids is 1. The molecule has 0 aromatic heterocycles. The molecule has 0 saturated carbocycles. The smallest absolute Gasteiger partial charge is 0.413 e. The fourth-order valence-electron chi connectivity index (χ4n) is 4.00. The van der Waals surface area contributed by atoms with E-state index in [9.17, 15) is 14.7 Å². The molecule has 3 aromatic carbocycles. The van der Waals surface area contributed by atoms with Crippen LogP contribution in [-0.2, 0) is 20.9 Å². The van der Waals surface area contributed by atoms with E-state index in [1.54, 1.807) is 42.5 Å². The molecule has 1 fully saturated rings. The van der Waals surface area contributed by atoms with Crippen LogP contribution in [0.25, 0.3) is 0 Å². The first-order valence-corrected chi connectivity index (χ1v) is 10.7. The second kappa shape index (κ2) is 10.3. The van der Waals surface area contributed by atoms with Gasteiger partial charge < -0.3 is 24.1 Å². The molecule has 0 aliphatic carbocycles. The van der Waals surface area contributed by atoms with Crippen LogP contribution >= 0.6 is 0 Å². The number of carbonyl (C=O) groups is 2. The summed E-state index contributed by atoms with van der Waals surface area (Å²) in [7, 11) is 3.01. The van der Waals surface area contributed by atoms with Gasteiger partial charge in [-0.05, 0) is 23.3 Å². The molecule has 0 radical (unpaired) electrons. The number of amides is 1. The van der Waals surface area contributed by atoms with E-state index < -0.39 is 30.4 Å². The summed E-state index contributed by atoms with van der Waals surface area (Å²) in [5, 5.41) is 9.97.